The highest BCUT2D eigenvalue weighted by molar-refractivity contribution is 9.11. The van der Waals surface area contributed by atoms with Crippen LogP contribution in [0.3, 0.4) is 0 Å². The van der Waals surface area contributed by atoms with Crippen LogP contribution in [0.1, 0.15) is 29.9 Å². The van der Waals surface area contributed by atoms with Crippen LogP contribution in [0.5, 0.6) is 0 Å². The highest BCUT2D eigenvalue weighted by Crippen LogP contribution is 2.41. The minimum Gasteiger partial charge on any atom is -0.380 e. The molecule has 0 bridgehead atoms. The SMILES string of the molecule is Cc1cc(Br)c(NC2CC(c3ccc(Cl)cc3)C2)c(Br)c1. The number of benzene rings is 2. The molecule has 21 heavy (non-hydrogen) atoms. The Hall–Kier alpha value is -0.510. The van der Waals surface area contributed by atoms with Crippen LogP contribution in [0.2, 0.25) is 5.02 Å². The average Bonchev–Trinajstić information content (AvgIpc) is 2.37. The summed E-state index contributed by atoms with van der Waals surface area (Å²) in [5, 5.41) is 4.44. The molecular weight excluding hydrogens is 413 g/mol. The molecule has 0 radical (unpaired) electrons. The molecule has 2 aromatic rings. The third-order valence-electron chi connectivity index (χ3n) is 4.01. The van der Waals surface area contributed by atoms with Crippen LogP contribution in [-0.2, 0) is 0 Å². The first kappa shape index (κ1) is 15.4. The molecule has 1 fully saturated rings. The van der Waals surface area contributed by atoms with Gasteiger partial charge in [-0.2, -0.15) is 0 Å². The second-order valence-corrected chi connectivity index (χ2v) is 7.81. The summed E-state index contributed by atoms with van der Waals surface area (Å²) in [6.45, 7) is 2.10. The van der Waals surface area contributed by atoms with Crippen molar-refractivity contribution in [1.29, 1.82) is 0 Å². The van der Waals surface area contributed by atoms with Crippen molar-refractivity contribution in [3.05, 3.63) is 61.5 Å². The van der Waals surface area contributed by atoms with Gasteiger partial charge in [0.05, 0.1) is 5.69 Å². The first-order valence-corrected chi connectivity index (χ1v) is 8.97. The summed E-state index contributed by atoms with van der Waals surface area (Å²) in [6.07, 6.45) is 2.32. The maximum absolute atomic E-state index is 5.94. The largest absolute Gasteiger partial charge is 0.380 e. The molecule has 0 aliphatic heterocycles. The number of rotatable bonds is 3. The summed E-state index contributed by atoms with van der Waals surface area (Å²) >= 11 is 13.2. The summed E-state index contributed by atoms with van der Waals surface area (Å²) in [5.74, 6) is 0.641. The fourth-order valence-corrected chi connectivity index (χ4v) is 4.55. The number of aryl methyl sites for hydroxylation is 1. The summed E-state index contributed by atoms with van der Waals surface area (Å²) < 4.78 is 2.23. The van der Waals surface area contributed by atoms with Crippen molar-refractivity contribution in [2.24, 2.45) is 0 Å². The third-order valence-corrected chi connectivity index (χ3v) is 5.52. The smallest absolute Gasteiger partial charge is 0.0631 e. The lowest BCUT2D eigenvalue weighted by Crippen LogP contribution is -2.34. The van der Waals surface area contributed by atoms with Crippen molar-refractivity contribution >= 4 is 49.1 Å². The number of anilines is 1. The number of halogens is 3. The van der Waals surface area contributed by atoms with Crippen molar-refractivity contribution in [3.8, 4) is 0 Å². The van der Waals surface area contributed by atoms with Crippen molar-refractivity contribution in [2.45, 2.75) is 31.7 Å². The van der Waals surface area contributed by atoms with E-state index in [9.17, 15) is 0 Å². The molecule has 0 spiro atoms. The van der Waals surface area contributed by atoms with Gasteiger partial charge in [-0.25, -0.2) is 0 Å². The van der Waals surface area contributed by atoms with Crippen molar-refractivity contribution in [3.63, 3.8) is 0 Å². The lowest BCUT2D eigenvalue weighted by molar-refractivity contribution is 0.374. The van der Waals surface area contributed by atoms with E-state index in [-0.39, 0.29) is 0 Å². The molecule has 0 aromatic heterocycles. The van der Waals surface area contributed by atoms with Crippen molar-refractivity contribution in [2.75, 3.05) is 5.32 Å². The van der Waals surface area contributed by atoms with Crippen molar-refractivity contribution in [1.82, 2.24) is 0 Å². The van der Waals surface area contributed by atoms with Gasteiger partial charge in [0, 0.05) is 20.0 Å². The molecule has 3 rings (SSSR count). The van der Waals surface area contributed by atoms with Gasteiger partial charge in [-0.1, -0.05) is 23.7 Å². The first-order chi connectivity index (χ1) is 10.0. The maximum atomic E-state index is 5.94. The average molecular weight is 430 g/mol. The van der Waals surface area contributed by atoms with Gasteiger partial charge < -0.3 is 5.32 Å². The van der Waals surface area contributed by atoms with Crippen LogP contribution < -0.4 is 5.32 Å². The summed E-state index contributed by atoms with van der Waals surface area (Å²) in [4.78, 5) is 0. The second-order valence-electron chi connectivity index (χ2n) is 5.66. The van der Waals surface area contributed by atoms with E-state index in [0.29, 0.717) is 12.0 Å². The summed E-state index contributed by atoms with van der Waals surface area (Å²) in [7, 11) is 0. The van der Waals surface area contributed by atoms with Crippen LogP contribution in [0, 0.1) is 6.92 Å². The summed E-state index contributed by atoms with van der Waals surface area (Å²) in [5.41, 5.74) is 3.78. The predicted octanol–water partition coefficient (Wildman–Crippen LogP) is 6.53. The van der Waals surface area contributed by atoms with Gasteiger partial charge in [-0.15, -0.1) is 0 Å². The van der Waals surface area contributed by atoms with Crippen LogP contribution in [0.25, 0.3) is 0 Å². The molecule has 1 aliphatic rings. The highest BCUT2D eigenvalue weighted by Gasteiger charge is 2.30. The molecule has 0 saturated heterocycles. The van der Waals surface area contributed by atoms with Gasteiger partial charge in [-0.3, -0.25) is 0 Å². The molecule has 0 unspecified atom stereocenters. The lowest BCUT2D eigenvalue weighted by atomic mass is 9.76. The molecule has 1 nitrogen and oxygen atoms in total. The van der Waals surface area contributed by atoms with Gasteiger partial charge in [0.15, 0.2) is 0 Å². The Morgan fingerprint density at radius 1 is 1.05 bits per heavy atom. The minimum atomic E-state index is 0.529. The second kappa shape index (κ2) is 6.31. The zero-order chi connectivity index (χ0) is 15.0. The molecule has 0 amide bonds. The van der Waals surface area contributed by atoms with E-state index in [1.165, 1.54) is 11.1 Å². The van der Waals surface area contributed by atoms with E-state index in [4.69, 9.17) is 11.6 Å². The summed E-state index contributed by atoms with van der Waals surface area (Å²) in [6, 6.07) is 13.0. The zero-order valence-electron chi connectivity index (χ0n) is 11.7. The fourth-order valence-electron chi connectivity index (χ4n) is 2.78. The third kappa shape index (κ3) is 3.46. The van der Waals surface area contributed by atoms with Crippen LogP contribution in [-0.4, -0.2) is 6.04 Å². The van der Waals surface area contributed by atoms with Gasteiger partial charge in [0.25, 0.3) is 0 Å². The Bertz CT molecular complexity index is 625. The molecule has 4 heteroatoms. The standard InChI is InChI=1S/C17H16Br2ClN/c1-10-6-15(18)17(16(19)7-10)21-14-8-12(9-14)11-2-4-13(20)5-3-11/h2-7,12,14,21H,8-9H2,1H3. The van der Waals surface area contributed by atoms with Crippen LogP contribution in [0.15, 0.2) is 45.3 Å². The maximum Gasteiger partial charge on any atom is 0.0631 e. The number of hydrogen-bond donors (Lipinski definition) is 1. The topological polar surface area (TPSA) is 12.0 Å². The molecular formula is C17H16Br2ClN. The molecule has 0 atom stereocenters. The Morgan fingerprint density at radius 2 is 1.62 bits per heavy atom. The predicted molar refractivity (Wildman–Crippen MR) is 97.4 cm³/mol. The van der Waals surface area contributed by atoms with Gasteiger partial charge in [0.1, 0.15) is 0 Å². The van der Waals surface area contributed by atoms with Crippen LogP contribution >= 0.6 is 43.5 Å². The van der Waals surface area contributed by atoms with E-state index in [2.05, 4.69) is 68.4 Å². The Balaban J connectivity index is 1.64. The molecule has 0 heterocycles. The molecule has 2 aromatic carbocycles. The molecule has 1 aliphatic carbocycles. The molecule has 1 N–H and O–H groups in total. The number of hydrogen-bond acceptors (Lipinski definition) is 1. The van der Waals surface area contributed by atoms with E-state index in [0.717, 1.165) is 32.5 Å². The zero-order valence-corrected chi connectivity index (χ0v) is 15.6. The highest BCUT2D eigenvalue weighted by atomic mass is 79.9. The lowest BCUT2D eigenvalue weighted by Gasteiger charge is -2.37. The monoisotopic (exact) mass is 427 g/mol. The molecule has 1 saturated carbocycles. The quantitative estimate of drug-likeness (QED) is 0.585. The van der Waals surface area contributed by atoms with Gasteiger partial charge in [0.2, 0.25) is 0 Å². The van der Waals surface area contributed by atoms with E-state index in [1.54, 1.807) is 0 Å². The molecule has 110 valence electrons. The van der Waals surface area contributed by atoms with E-state index in [1.807, 2.05) is 12.1 Å². The minimum absolute atomic E-state index is 0.529. The van der Waals surface area contributed by atoms with Crippen molar-refractivity contribution < 1.29 is 0 Å². The van der Waals surface area contributed by atoms with E-state index >= 15 is 0 Å². The normalized spacial score (nSPS) is 21.0. The van der Waals surface area contributed by atoms with Crippen LogP contribution in [0.4, 0.5) is 5.69 Å². The van der Waals surface area contributed by atoms with Gasteiger partial charge in [-0.05, 0) is 92.9 Å². The Kier molecular flexibility index (Phi) is 4.63. The Labute approximate surface area is 147 Å². The Morgan fingerprint density at radius 3 is 2.19 bits per heavy atom. The fraction of sp³-hybridized carbons (Fsp3) is 0.294. The number of nitrogens with one attached hydrogen (secondary N) is 1. The van der Waals surface area contributed by atoms with Gasteiger partial charge >= 0.3 is 0 Å². The first-order valence-electron chi connectivity index (χ1n) is 7.00. The van der Waals surface area contributed by atoms with E-state index < -0.39 is 0 Å².